The second-order valence-electron chi connectivity index (χ2n) is 3.08. The van der Waals surface area contributed by atoms with E-state index < -0.39 is 0 Å². The molecule has 1 fully saturated rings. The van der Waals surface area contributed by atoms with Gasteiger partial charge >= 0.3 is 5.97 Å². The molecule has 1 heterocycles. The summed E-state index contributed by atoms with van der Waals surface area (Å²) in [6.45, 7) is 4.95. The lowest BCUT2D eigenvalue weighted by atomic mass is 10.1. The van der Waals surface area contributed by atoms with Gasteiger partial charge in [-0.1, -0.05) is 6.92 Å². The Morgan fingerprint density at radius 1 is 1.73 bits per heavy atom. The van der Waals surface area contributed by atoms with Crippen molar-refractivity contribution >= 4 is 5.97 Å². The summed E-state index contributed by atoms with van der Waals surface area (Å²) in [6, 6.07) is 0. The molecule has 0 aromatic heterocycles. The third kappa shape index (κ3) is 2.19. The van der Waals surface area contributed by atoms with Crippen molar-refractivity contribution in [2.75, 3.05) is 13.2 Å². The predicted molar refractivity (Wildman–Crippen MR) is 40.2 cm³/mol. The van der Waals surface area contributed by atoms with Crippen LogP contribution in [0.1, 0.15) is 26.7 Å². The van der Waals surface area contributed by atoms with Gasteiger partial charge in [-0.3, -0.25) is 4.79 Å². The van der Waals surface area contributed by atoms with Crippen molar-refractivity contribution in [2.45, 2.75) is 32.3 Å². The highest BCUT2D eigenvalue weighted by molar-refractivity contribution is 5.69. The molecule has 0 bridgehead atoms. The molecule has 3 nitrogen and oxygen atoms in total. The zero-order chi connectivity index (χ0) is 8.32. The van der Waals surface area contributed by atoms with E-state index in [1.54, 1.807) is 6.92 Å². The first kappa shape index (κ1) is 8.53. The molecule has 1 rings (SSSR count). The first-order chi connectivity index (χ1) is 5.16. The molecule has 11 heavy (non-hydrogen) atoms. The Labute approximate surface area is 66.7 Å². The molecule has 1 unspecified atom stereocenters. The minimum Gasteiger partial charge on any atom is -0.457 e. The van der Waals surface area contributed by atoms with Crippen LogP contribution in [0.25, 0.3) is 0 Å². The van der Waals surface area contributed by atoms with Gasteiger partial charge in [0.1, 0.15) is 5.60 Å². The van der Waals surface area contributed by atoms with Crippen LogP contribution < -0.4 is 0 Å². The Morgan fingerprint density at radius 3 is 2.91 bits per heavy atom. The lowest BCUT2D eigenvalue weighted by Gasteiger charge is -2.21. The lowest BCUT2D eigenvalue weighted by molar-refractivity contribution is -0.157. The van der Waals surface area contributed by atoms with Gasteiger partial charge in [0.05, 0.1) is 13.2 Å². The molecule has 0 N–H and O–H groups in total. The molecular weight excluding hydrogens is 144 g/mol. The molecule has 0 aliphatic carbocycles. The Kier molecular flexibility index (Phi) is 2.49. The number of carbonyl (C=O) groups is 1. The van der Waals surface area contributed by atoms with Crippen molar-refractivity contribution in [3.8, 4) is 0 Å². The summed E-state index contributed by atoms with van der Waals surface area (Å²) in [5, 5.41) is 0. The van der Waals surface area contributed by atoms with Gasteiger partial charge in [-0.25, -0.2) is 0 Å². The summed E-state index contributed by atoms with van der Waals surface area (Å²) in [7, 11) is 0. The molecule has 1 aliphatic heterocycles. The lowest BCUT2D eigenvalue weighted by Crippen LogP contribution is -2.31. The zero-order valence-electron chi connectivity index (χ0n) is 7.05. The molecule has 1 aliphatic rings. The van der Waals surface area contributed by atoms with E-state index in [4.69, 9.17) is 9.47 Å². The van der Waals surface area contributed by atoms with E-state index in [-0.39, 0.29) is 11.6 Å². The van der Waals surface area contributed by atoms with Gasteiger partial charge in [0, 0.05) is 12.8 Å². The SMILES string of the molecule is CCC(=O)OC1(C)CCOC1. The van der Waals surface area contributed by atoms with Crippen molar-refractivity contribution in [3.63, 3.8) is 0 Å². The van der Waals surface area contributed by atoms with Crippen LogP contribution in [0.4, 0.5) is 0 Å². The van der Waals surface area contributed by atoms with Crippen LogP contribution in [-0.4, -0.2) is 24.8 Å². The monoisotopic (exact) mass is 158 g/mol. The largest absolute Gasteiger partial charge is 0.457 e. The first-order valence-corrected chi connectivity index (χ1v) is 3.96. The molecule has 0 aromatic carbocycles. The van der Waals surface area contributed by atoms with Crippen LogP contribution >= 0.6 is 0 Å². The summed E-state index contributed by atoms with van der Waals surface area (Å²) in [5.74, 6) is -0.141. The summed E-state index contributed by atoms with van der Waals surface area (Å²) in [4.78, 5) is 10.9. The number of esters is 1. The van der Waals surface area contributed by atoms with E-state index in [1.807, 2.05) is 6.92 Å². The van der Waals surface area contributed by atoms with Crippen LogP contribution in [0, 0.1) is 0 Å². The molecule has 0 spiro atoms. The van der Waals surface area contributed by atoms with Crippen LogP contribution in [-0.2, 0) is 14.3 Å². The van der Waals surface area contributed by atoms with E-state index >= 15 is 0 Å². The van der Waals surface area contributed by atoms with Gasteiger partial charge in [-0.2, -0.15) is 0 Å². The van der Waals surface area contributed by atoms with Gasteiger partial charge in [-0.05, 0) is 6.92 Å². The second-order valence-corrected chi connectivity index (χ2v) is 3.08. The van der Waals surface area contributed by atoms with Gasteiger partial charge < -0.3 is 9.47 Å². The molecule has 1 saturated heterocycles. The van der Waals surface area contributed by atoms with E-state index in [0.717, 1.165) is 6.42 Å². The number of carbonyl (C=O) groups excluding carboxylic acids is 1. The number of hydrogen-bond donors (Lipinski definition) is 0. The van der Waals surface area contributed by atoms with Gasteiger partial charge in [0.15, 0.2) is 0 Å². The molecule has 0 saturated carbocycles. The zero-order valence-corrected chi connectivity index (χ0v) is 7.05. The average Bonchev–Trinajstić information content (AvgIpc) is 2.36. The van der Waals surface area contributed by atoms with Crippen molar-refractivity contribution in [1.82, 2.24) is 0 Å². The number of hydrogen-bond acceptors (Lipinski definition) is 3. The van der Waals surface area contributed by atoms with Gasteiger partial charge in [0.2, 0.25) is 0 Å². The Bertz CT molecular complexity index is 147. The quantitative estimate of drug-likeness (QED) is 0.565. The predicted octanol–water partition coefficient (Wildman–Crippen LogP) is 1.12. The van der Waals surface area contributed by atoms with Crippen molar-refractivity contribution in [3.05, 3.63) is 0 Å². The minimum absolute atomic E-state index is 0.141. The van der Waals surface area contributed by atoms with Crippen LogP contribution in [0.2, 0.25) is 0 Å². The van der Waals surface area contributed by atoms with E-state index in [1.165, 1.54) is 0 Å². The molecule has 0 aromatic rings. The maximum absolute atomic E-state index is 10.9. The topological polar surface area (TPSA) is 35.5 Å². The van der Waals surface area contributed by atoms with E-state index in [9.17, 15) is 4.79 Å². The summed E-state index contributed by atoms with van der Waals surface area (Å²) in [5.41, 5.74) is -0.354. The second kappa shape index (κ2) is 3.22. The average molecular weight is 158 g/mol. The summed E-state index contributed by atoms with van der Waals surface area (Å²) in [6.07, 6.45) is 1.26. The molecule has 1 atom stereocenters. The normalized spacial score (nSPS) is 30.4. The summed E-state index contributed by atoms with van der Waals surface area (Å²) >= 11 is 0. The first-order valence-electron chi connectivity index (χ1n) is 3.96. The smallest absolute Gasteiger partial charge is 0.306 e. The fraction of sp³-hybridized carbons (Fsp3) is 0.875. The van der Waals surface area contributed by atoms with Crippen LogP contribution in [0.3, 0.4) is 0 Å². The van der Waals surface area contributed by atoms with Crippen molar-refractivity contribution in [1.29, 1.82) is 0 Å². The molecule has 0 amide bonds. The minimum atomic E-state index is -0.354. The third-order valence-corrected chi connectivity index (χ3v) is 1.83. The van der Waals surface area contributed by atoms with Crippen LogP contribution in [0.15, 0.2) is 0 Å². The maximum atomic E-state index is 10.9. The highest BCUT2D eigenvalue weighted by Gasteiger charge is 2.33. The van der Waals surface area contributed by atoms with Crippen molar-refractivity contribution < 1.29 is 14.3 Å². The Hall–Kier alpha value is -0.570. The number of ether oxygens (including phenoxy) is 2. The highest BCUT2D eigenvalue weighted by Crippen LogP contribution is 2.22. The molecule has 3 heteroatoms. The van der Waals surface area contributed by atoms with Crippen molar-refractivity contribution in [2.24, 2.45) is 0 Å². The molecular formula is C8H14O3. The Balaban J connectivity index is 2.39. The molecule has 64 valence electrons. The summed E-state index contributed by atoms with van der Waals surface area (Å²) < 4.78 is 10.3. The standard InChI is InChI=1S/C8H14O3/c1-3-7(9)11-8(2)4-5-10-6-8/h3-6H2,1-2H3. The third-order valence-electron chi connectivity index (χ3n) is 1.83. The fourth-order valence-electron chi connectivity index (χ4n) is 1.08. The fourth-order valence-corrected chi connectivity index (χ4v) is 1.08. The van der Waals surface area contributed by atoms with Crippen LogP contribution in [0.5, 0.6) is 0 Å². The Morgan fingerprint density at radius 2 is 2.45 bits per heavy atom. The number of rotatable bonds is 2. The van der Waals surface area contributed by atoms with Gasteiger partial charge in [0.25, 0.3) is 0 Å². The van der Waals surface area contributed by atoms with Gasteiger partial charge in [-0.15, -0.1) is 0 Å². The maximum Gasteiger partial charge on any atom is 0.306 e. The van der Waals surface area contributed by atoms with E-state index in [2.05, 4.69) is 0 Å². The molecule has 0 radical (unpaired) electrons. The highest BCUT2D eigenvalue weighted by atomic mass is 16.6. The van der Waals surface area contributed by atoms with E-state index in [0.29, 0.717) is 19.6 Å².